The largest absolute Gasteiger partial charge is 0.489 e. The van der Waals surface area contributed by atoms with Gasteiger partial charge in [-0.1, -0.05) is 29.3 Å². The van der Waals surface area contributed by atoms with Crippen LogP contribution in [-0.4, -0.2) is 24.4 Å². The van der Waals surface area contributed by atoms with Gasteiger partial charge in [-0.3, -0.25) is 14.9 Å². The second kappa shape index (κ2) is 7.80. The first-order valence-corrected chi connectivity index (χ1v) is 7.21. The molecule has 0 unspecified atom stereocenters. The monoisotopic (exact) mass is 355 g/mol. The molecular formula is C15H11Cl2NO5. The molecule has 2 aromatic carbocycles. The number of halogens is 2. The molecule has 0 spiro atoms. The van der Waals surface area contributed by atoms with Gasteiger partial charge in [0.1, 0.15) is 19.0 Å². The number of carbonyl (C=O) groups is 1. The van der Waals surface area contributed by atoms with Crippen molar-refractivity contribution in [2.45, 2.75) is 0 Å². The summed E-state index contributed by atoms with van der Waals surface area (Å²) in [5, 5.41) is 11.4. The summed E-state index contributed by atoms with van der Waals surface area (Å²) < 4.78 is 10.8. The normalized spacial score (nSPS) is 10.2. The molecule has 2 rings (SSSR count). The van der Waals surface area contributed by atoms with Crippen molar-refractivity contribution >= 4 is 35.2 Å². The van der Waals surface area contributed by atoms with Crippen LogP contribution >= 0.6 is 23.2 Å². The Balaban J connectivity index is 1.96. The van der Waals surface area contributed by atoms with Crippen molar-refractivity contribution < 1.29 is 19.2 Å². The molecule has 0 atom stereocenters. The Hall–Kier alpha value is -2.31. The highest BCUT2D eigenvalue weighted by Gasteiger charge is 2.12. The number of benzene rings is 2. The van der Waals surface area contributed by atoms with E-state index in [0.29, 0.717) is 22.1 Å². The highest BCUT2D eigenvalue weighted by Crippen LogP contribution is 2.32. The molecule has 8 heteroatoms. The Bertz CT molecular complexity index is 716. The zero-order valence-corrected chi connectivity index (χ0v) is 13.2. The third-order valence-corrected chi connectivity index (χ3v) is 3.43. The number of aldehydes is 1. The summed E-state index contributed by atoms with van der Waals surface area (Å²) in [6.45, 7) is 0.249. The van der Waals surface area contributed by atoms with Crippen molar-refractivity contribution in [3.05, 3.63) is 62.1 Å². The van der Waals surface area contributed by atoms with E-state index >= 15 is 0 Å². The molecule has 0 aliphatic heterocycles. The SMILES string of the molecule is O=Cc1cc([N+](=O)[O-])ccc1OCCOc1c(Cl)cccc1Cl. The number of hydrogen-bond acceptors (Lipinski definition) is 5. The van der Waals surface area contributed by atoms with Crippen molar-refractivity contribution in [3.63, 3.8) is 0 Å². The zero-order valence-electron chi connectivity index (χ0n) is 11.7. The summed E-state index contributed by atoms with van der Waals surface area (Å²) in [5.74, 6) is 0.582. The van der Waals surface area contributed by atoms with Gasteiger partial charge in [0.2, 0.25) is 0 Å². The Morgan fingerprint density at radius 2 is 1.74 bits per heavy atom. The van der Waals surface area contributed by atoms with Crippen molar-refractivity contribution in [1.29, 1.82) is 0 Å². The summed E-state index contributed by atoms with van der Waals surface area (Å²) in [6.07, 6.45) is 0.494. The van der Waals surface area contributed by atoms with Crippen LogP contribution in [0.25, 0.3) is 0 Å². The molecule has 23 heavy (non-hydrogen) atoms. The van der Waals surface area contributed by atoms with E-state index in [9.17, 15) is 14.9 Å². The summed E-state index contributed by atoms with van der Waals surface area (Å²) in [6, 6.07) is 8.75. The van der Waals surface area contributed by atoms with Crippen LogP contribution in [-0.2, 0) is 0 Å². The number of hydrogen-bond donors (Lipinski definition) is 0. The van der Waals surface area contributed by atoms with Crippen LogP contribution in [0, 0.1) is 10.1 Å². The van der Waals surface area contributed by atoms with Gasteiger partial charge in [-0.05, 0) is 18.2 Å². The fraction of sp³-hybridized carbons (Fsp3) is 0.133. The van der Waals surface area contributed by atoms with E-state index in [2.05, 4.69) is 0 Å². The van der Waals surface area contributed by atoms with Gasteiger partial charge >= 0.3 is 0 Å². The zero-order chi connectivity index (χ0) is 16.8. The number of nitrogens with zero attached hydrogens (tertiary/aromatic N) is 1. The number of nitro groups is 1. The predicted octanol–water partition coefficient (Wildman–Crippen LogP) is 4.17. The van der Waals surface area contributed by atoms with Gasteiger partial charge in [0, 0.05) is 12.1 Å². The Morgan fingerprint density at radius 3 is 2.35 bits per heavy atom. The van der Waals surface area contributed by atoms with Gasteiger partial charge in [-0.15, -0.1) is 0 Å². The quantitative estimate of drug-likeness (QED) is 0.322. The maximum atomic E-state index is 11.0. The Labute approximate surface area is 141 Å². The van der Waals surface area contributed by atoms with E-state index < -0.39 is 4.92 Å². The molecule has 0 aromatic heterocycles. The Kier molecular flexibility index (Phi) is 5.78. The van der Waals surface area contributed by atoms with Crippen LogP contribution in [0.1, 0.15) is 10.4 Å². The standard InChI is InChI=1S/C15H11Cl2NO5/c16-12-2-1-3-13(17)15(12)23-7-6-22-14-5-4-11(18(20)21)8-10(14)9-19/h1-5,8-9H,6-7H2. The molecule has 120 valence electrons. The summed E-state index contributed by atoms with van der Waals surface area (Å²) in [7, 11) is 0. The van der Waals surface area contributed by atoms with Crippen molar-refractivity contribution in [3.8, 4) is 11.5 Å². The molecule has 0 fully saturated rings. The molecule has 0 radical (unpaired) electrons. The van der Waals surface area contributed by atoms with Gasteiger partial charge in [-0.2, -0.15) is 0 Å². The first-order chi connectivity index (χ1) is 11.0. The molecule has 0 amide bonds. The number of para-hydroxylation sites is 1. The number of non-ortho nitro benzene ring substituents is 1. The lowest BCUT2D eigenvalue weighted by molar-refractivity contribution is -0.384. The molecule has 0 aliphatic rings. The molecule has 0 bridgehead atoms. The van der Waals surface area contributed by atoms with Gasteiger partial charge in [0.25, 0.3) is 5.69 Å². The van der Waals surface area contributed by atoms with E-state index in [1.165, 1.54) is 12.1 Å². The average Bonchev–Trinajstić information content (AvgIpc) is 2.53. The molecule has 0 saturated heterocycles. The topological polar surface area (TPSA) is 78.7 Å². The number of nitro benzene ring substituents is 1. The average molecular weight is 356 g/mol. The highest BCUT2D eigenvalue weighted by molar-refractivity contribution is 6.37. The van der Waals surface area contributed by atoms with E-state index in [0.717, 1.165) is 6.07 Å². The molecule has 6 nitrogen and oxygen atoms in total. The second-order valence-electron chi connectivity index (χ2n) is 4.34. The summed E-state index contributed by atoms with van der Waals surface area (Å²) >= 11 is 11.9. The van der Waals surface area contributed by atoms with Crippen LogP contribution in [0.15, 0.2) is 36.4 Å². The minimum Gasteiger partial charge on any atom is -0.489 e. The Morgan fingerprint density at radius 1 is 1.09 bits per heavy atom. The van der Waals surface area contributed by atoms with E-state index in [1.807, 2.05) is 0 Å². The van der Waals surface area contributed by atoms with Crippen molar-refractivity contribution in [2.24, 2.45) is 0 Å². The number of carbonyl (C=O) groups excluding carboxylic acids is 1. The van der Waals surface area contributed by atoms with Crippen LogP contribution in [0.3, 0.4) is 0 Å². The second-order valence-corrected chi connectivity index (χ2v) is 5.16. The van der Waals surface area contributed by atoms with E-state index in [1.54, 1.807) is 18.2 Å². The number of rotatable bonds is 7. The van der Waals surface area contributed by atoms with Gasteiger partial charge in [0.05, 0.1) is 20.5 Å². The fourth-order valence-electron chi connectivity index (χ4n) is 1.79. The van der Waals surface area contributed by atoms with Crippen molar-refractivity contribution in [1.82, 2.24) is 0 Å². The van der Waals surface area contributed by atoms with Crippen LogP contribution in [0.4, 0.5) is 5.69 Å². The van der Waals surface area contributed by atoms with Gasteiger partial charge < -0.3 is 9.47 Å². The van der Waals surface area contributed by atoms with E-state index in [-0.39, 0.29) is 30.2 Å². The van der Waals surface area contributed by atoms with Crippen LogP contribution < -0.4 is 9.47 Å². The molecule has 0 N–H and O–H groups in total. The lowest BCUT2D eigenvalue weighted by Gasteiger charge is -2.11. The van der Waals surface area contributed by atoms with E-state index in [4.69, 9.17) is 32.7 Å². The smallest absolute Gasteiger partial charge is 0.270 e. The molecule has 0 saturated carbocycles. The first kappa shape index (κ1) is 17.1. The third-order valence-electron chi connectivity index (χ3n) is 2.84. The molecular weight excluding hydrogens is 345 g/mol. The third kappa shape index (κ3) is 4.34. The molecule has 0 heterocycles. The van der Waals surface area contributed by atoms with Gasteiger partial charge in [0.15, 0.2) is 12.0 Å². The van der Waals surface area contributed by atoms with Crippen LogP contribution in [0.5, 0.6) is 11.5 Å². The highest BCUT2D eigenvalue weighted by atomic mass is 35.5. The minimum absolute atomic E-state index is 0.0926. The first-order valence-electron chi connectivity index (χ1n) is 6.46. The minimum atomic E-state index is -0.584. The predicted molar refractivity (Wildman–Crippen MR) is 85.9 cm³/mol. The summed E-state index contributed by atoms with van der Waals surface area (Å²) in [5.41, 5.74) is -0.0893. The van der Waals surface area contributed by atoms with Crippen molar-refractivity contribution in [2.75, 3.05) is 13.2 Å². The molecule has 0 aliphatic carbocycles. The number of ether oxygens (including phenoxy) is 2. The maximum Gasteiger partial charge on any atom is 0.270 e. The fourth-order valence-corrected chi connectivity index (χ4v) is 2.30. The lowest BCUT2D eigenvalue weighted by Crippen LogP contribution is -2.10. The lowest BCUT2D eigenvalue weighted by atomic mass is 10.2. The maximum absolute atomic E-state index is 11.0. The van der Waals surface area contributed by atoms with Crippen LogP contribution in [0.2, 0.25) is 10.0 Å². The summed E-state index contributed by atoms with van der Waals surface area (Å²) in [4.78, 5) is 21.1. The molecule has 2 aromatic rings. The van der Waals surface area contributed by atoms with Gasteiger partial charge in [-0.25, -0.2) is 0 Å².